The smallest absolute Gasteiger partial charge is 0.341 e. The molecule has 128 valence electrons. The first-order valence-corrected chi connectivity index (χ1v) is 7.84. The Morgan fingerprint density at radius 3 is 2.64 bits per heavy atom. The second-order valence-corrected chi connectivity index (χ2v) is 5.89. The number of nitrogen functional groups attached to an aromatic ring is 1. The molecule has 0 saturated heterocycles. The molecule has 2 rings (SSSR count). The molecule has 0 fully saturated rings. The molecule has 0 aliphatic heterocycles. The van der Waals surface area contributed by atoms with Crippen LogP contribution >= 0.6 is 23.2 Å². The number of nitrogens with zero attached hydrogens (tertiary/aromatic N) is 1. The molecule has 8 heteroatoms. The maximum atomic E-state index is 12.2. The summed E-state index contributed by atoms with van der Waals surface area (Å²) in [7, 11) is 0. The predicted octanol–water partition coefficient (Wildman–Crippen LogP) is 3.63. The topological polar surface area (TPSA) is 105 Å². The fourth-order valence-electron chi connectivity index (χ4n) is 1.96. The summed E-state index contributed by atoms with van der Waals surface area (Å²) in [6.45, 7) is 1.39. The Labute approximate surface area is 154 Å². The van der Waals surface area contributed by atoms with Gasteiger partial charge in [-0.2, -0.15) is 5.26 Å². The third-order valence-electron chi connectivity index (χ3n) is 3.27. The normalized spacial score (nSPS) is 11.3. The van der Waals surface area contributed by atoms with Gasteiger partial charge in [0.15, 0.2) is 6.10 Å². The van der Waals surface area contributed by atoms with Gasteiger partial charge in [0.05, 0.1) is 27.5 Å². The lowest BCUT2D eigenvalue weighted by Gasteiger charge is -2.15. The number of para-hydroxylation sites is 1. The molecular formula is C17H13Cl2N3O3. The summed E-state index contributed by atoms with van der Waals surface area (Å²) in [5, 5.41) is 11.9. The van der Waals surface area contributed by atoms with Crippen molar-refractivity contribution in [2.24, 2.45) is 0 Å². The summed E-state index contributed by atoms with van der Waals surface area (Å²) in [5.41, 5.74) is 6.33. The van der Waals surface area contributed by atoms with E-state index < -0.39 is 18.0 Å². The minimum absolute atomic E-state index is 0.0125. The molecule has 1 amide bonds. The van der Waals surface area contributed by atoms with Gasteiger partial charge in [0.1, 0.15) is 6.07 Å². The highest BCUT2D eigenvalue weighted by Crippen LogP contribution is 2.28. The van der Waals surface area contributed by atoms with Gasteiger partial charge in [-0.05, 0) is 31.2 Å². The monoisotopic (exact) mass is 377 g/mol. The van der Waals surface area contributed by atoms with E-state index in [4.69, 9.17) is 38.9 Å². The van der Waals surface area contributed by atoms with Crippen LogP contribution in [0.4, 0.5) is 11.4 Å². The number of carbonyl (C=O) groups is 2. The van der Waals surface area contributed by atoms with E-state index in [1.54, 1.807) is 24.3 Å². The van der Waals surface area contributed by atoms with Gasteiger partial charge in [-0.25, -0.2) is 4.79 Å². The van der Waals surface area contributed by atoms with Crippen molar-refractivity contribution in [2.75, 3.05) is 11.1 Å². The number of nitrogens with two attached hydrogens (primary N) is 1. The maximum absolute atomic E-state index is 12.2. The van der Waals surface area contributed by atoms with Crippen LogP contribution in [0.3, 0.4) is 0 Å². The summed E-state index contributed by atoms with van der Waals surface area (Å²) < 4.78 is 5.10. The van der Waals surface area contributed by atoms with Crippen molar-refractivity contribution in [3.05, 3.63) is 57.6 Å². The molecule has 1 atom stereocenters. The van der Waals surface area contributed by atoms with Crippen LogP contribution in [0.25, 0.3) is 0 Å². The zero-order chi connectivity index (χ0) is 18.6. The maximum Gasteiger partial charge on any atom is 0.341 e. The van der Waals surface area contributed by atoms with Crippen molar-refractivity contribution in [1.29, 1.82) is 5.26 Å². The van der Waals surface area contributed by atoms with Gasteiger partial charge < -0.3 is 15.8 Å². The second-order valence-electron chi connectivity index (χ2n) is 5.04. The van der Waals surface area contributed by atoms with Crippen LogP contribution in [-0.2, 0) is 9.53 Å². The minimum atomic E-state index is -1.13. The van der Waals surface area contributed by atoms with Crippen LogP contribution in [0, 0.1) is 11.3 Å². The Balaban J connectivity index is 2.11. The molecule has 0 aliphatic carbocycles. The zero-order valence-electron chi connectivity index (χ0n) is 13.0. The van der Waals surface area contributed by atoms with E-state index >= 15 is 0 Å². The molecule has 0 saturated carbocycles. The SMILES string of the molecule is C[C@H](OC(=O)c1cc(Cl)cc(Cl)c1N)C(=O)Nc1ccccc1C#N. The Morgan fingerprint density at radius 1 is 1.28 bits per heavy atom. The molecule has 0 aromatic heterocycles. The Kier molecular flexibility index (Phi) is 5.86. The first kappa shape index (κ1) is 18.6. The largest absolute Gasteiger partial charge is 0.449 e. The lowest BCUT2D eigenvalue weighted by molar-refractivity contribution is -0.123. The molecule has 0 unspecified atom stereocenters. The number of carbonyl (C=O) groups excluding carboxylic acids is 2. The number of esters is 1. The number of nitrogens with one attached hydrogen (secondary N) is 1. The molecule has 2 aromatic rings. The van der Waals surface area contributed by atoms with Crippen LogP contribution in [0.5, 0.6) is 0 Å². The van der Waals surface area contributed by atoms with E-state index in [1.807, 2.05) is 6.07 Å². The van der Waals surface area contributed by atoms with Gasteiger partial charge in [-0.1, -0.05) is 35.3 Å². The summed E-state index contributed by atoms with van der Waals surface area (Å²) in [6, 6.07) is 11.1. The Hall–Kier alpha value is -2.75. The minimum Gasteiger partial charge on any atom is -0.449 e. The fraction of sp³-hybridized carbons (Fsp3) is 0.118. The van der Waals surface area contributed by atoms with Gasteiger partial charge in [-0.15, -0.1) is 0 Å². The lowest BCUT2D eigenvalue weighted by atomic mass is 10.2. The number of halogens is 2. The summed E-state index contributed by atoms with van der Waals surface area (Å²) in [5.74, 6) is -1.43. The van der Waals surface area contributed by atoms with Crippen LogP contribution in [0.2, 0.25) is 10.0 Å². The molecule has 0 spiro atoms. The van der Waals surface area contributed by atoms with E-state index in [0.29, 0.717) is 11.3 Å². The van der Waals surface area contributed by atoms with Crippen molar-refractivity contribution in [1.82, 2.24) is 0 Å². The van der Waals surface area contributed by atoms with Gasteiger partial charge in [0, 0.05) is 5.02 Å². The van der Waals surface area contributed by atoms with Crippen LogP contribution in [0.1, 0.15) is 22.8 Å². The molecule has 0 radical (unpaired) electrons. The molecule has 3 N–H and O–H groups in total. The quantitative estimate of drug-likeness (QED) is 0.624. The highest BCUT2D eigenvalue weighted by Gasteiger charge is 2.22. The highest BCUT2D eigenvalue weighted by atomic mass is 35.5. The number of amides is 1. The summed E-state index contributed by atoms with van der Waals surface area (Å²) in [4.78, 5) is 24.4. The number of benzene rings is 2. The fourth-order valence-corrected chi connectivity index (χ4v) is 2.45. The number of hydrogen-bond donors (Lipinski definition) is 2. The molecule has 0 heterocycles. The zero-order valence-corrected chi connectivity index (χ0v) is 14.6. The molecule has 0 aliphatic rings. The number of nitriles is 1. The molecule has 0 bridgehead atoms. The van der Waals surface area contributed by atoms with Gasteiger partial charge in [-0.3, -0.25) is 4.79 Å². The number of ether oxygens (including phenoxy) is 1. The first-order valence-electron chi connectivity index (χ1n) is 7.09. The third kappa shape index (κ3) is 4.41. The van der Waals surface area contributed by atoms with Crippen molar-refractivity contribution in [2.45, 2.75) is 13.0 Å². The van der Waals surface area contributed by atoms with Crippen molar-refractivity contribution >= 4 is 46.5 Å². The van der Waals surface area contributed by atoms with Crippen molar-refractivity contribution < 1.29 is 14.3 Å². The third-order valence-corrected chi connectivity index (χ3v) is 3.80. The molecule has 6 nitrogen and oxygen atoms in total. The average Bonchev–Trinajstić information content (AvgIpc) is 2.58. The number of rotatable bonds is 4. The lowest BCUT2D eigenvalue weighted by Crippen LogP contribution is -2.30. The molecule has 25 heavy (non-hydrogen) atoms. The van der Waals surface area contributed by atoms with Crippen molar-refractivity contribution in [3.8, 4) is 6.07 Å². The standard InChI is InChI=1S/C17H13Cl2N3O3/c1-9(16(23)22-14-5-3-2-4-10(14)8-20)25-17(24)12-6-11(18)7-13(19)15(12)21/h2-7,9H,21H2,1H3,(H,22,23)/t9-/m0/s1. The van der Waals surface area contributed by atoms with E-state index in [9.17, 15) is 9.59 Å². The van der Waals surface area contributed by atoms with Crippen LogP contribution in [-0.4, -0.2) is 18.0 Å². The van der Waals surface area contributed by atoms with E-state index in [0.717, 1.165) is 0 Å². The van der Waals surface area contributed by atoms with E-state index in [-0.39, 0.29) is 21.3 Å². The van der Waals surface area contributed by atoms with E-state index in [1.165, 1.54) is 19.1 Å². The van der Waals surface area contributed by atoms with Gasteiger partial charge in [0.25, 0.3) is 5.91 Å². The number of anilines is 2. The number of hydrogen-bond acceptors (Lipinski definition) is 5. The van der Waals surface area contributed by atoms with Crippen molar-refractivity contribution in [3.63, 3.8) is 0 Å². The second kappa shape index (κ2) is 7.88. The Bertz CT molecular complexity index is 878. The predicted molar refractivity (Wildman–Crippen MR) is 95.5 cm³/mol. The highest BCUT2D eigenvalue weighted by molar-refractivity contribution is 6.37. The Morgan fingerprint density at radius 2 is 1.96 bits per heavy atom. The first-order chi connectivity index (χ1) is 11.8. The van der Waals surface area contributed by atoms with Gasteiger partial charge in [0.2, 0.25) is 0 Å². The van der Waals surface area contributed by atoms with E-state index in [2.05, 4.69) is 5.32 Å². The average molecular weight is 378 g/mol. The summed E-state index contributed by atoms with van der Waals surface area (Å²) >= 11 is 11.7. The van der Waals surface area contributed by atoms with Crippen LogP contribution in [0.15, 0.2) is 36.4 Å². The van der Waals surface area contributed by atoms with Crippen LogP contribution < -0.4 is 11.1 Å². The summed E-state index contributed by atoms with van der Waals surface area (Å²) in [6.07, 6.45) is -1.13. The molecular weight excluding hydrogens is 365 g/mol. The van der Waals surface area contributed by atoms with Gasteiger partial charge >= 0.3 is 5.97 Å². The molecule has 2 aromatic carbocycles.